The first-order valence-electron chi connectivity index (χ1n) is 13.1. The van der Waals surface area contributed by atoms with Crippen molar-refractivity contribution < 1.29 is 9.53 Å². The van der Waals surface area contributed by atoms with Gasteiger partial charge in [0.2, 0.25) is 5.91 Å². The van der Waals surface area contributed by atoms with Crippen molar-refractivity contribution in [1.29, 1.82) is 0 Å². The number of hydrogen-bond donors (Lipinski definition) is 1. The molecule has 1 aliphatic rings. The molecule has 1 fully saturated rings. The van der Waals surface area contributed by atoms with E-state index in [0.717, 1.165) is 51.1 Å². The largest absolute Gasteiger partial charge is 0.492 e. The summed E-state index contributed by atoms with van der Waals surface area (Å²) in [6, 6.07) is 20.3. The second-order valence-electron chi connectivity index (χ2n) is 9.54. The normalized spacial score (nSPS) is 14.3. The molecule has 196 valence electrons. The molecular weight excluding hydrogens is 466 g/mol. The fourth-order valence-electron chi connectivity index (χ4n) is 4.53. The number of likely N-dealkylation sites (N-methyl/N-ethyl adjacent to an activating group) is 1. The summed E-state index contributed by atoms with van der Waals surface area (Å²) in [7, 11) is 1.79. The van der Waals surface area contributed by atoms with E-state index in [1.54, 1.807) is 24.3 Å². The predicted molar refractivity (Wildman–Crippen MR) is 146 cm³/mol. The lowest BCUT2D eigenvalue weighted by Gasteiger charge is -2.32. The number of nitrogens with zero attached hydrogens (tertiary/aromatic N) is 4. The van der Waals surface area contributed by atoms with Crippen molar-refractivity contribution in [2.75, 3.05) is 45.2 Å². The van der Waals surface area contributed by atoms with E-state index >= 15 is 0 Å². The Kier molecular flexibility index (Phi) is 9.71. The predicted octanol–water partition coefficient (Wildman–Crippen LogP) is 3.29. The van der Waals surface area contributed by atoms with Gasteiger partial charge in [-0.2, -0.15) is 0 Å². The number of likely N-dealkylation sites (tertiary alicyclic amines) is 1. The maximum atomic E-state index is 13.0. The second kappa shape index (κ2) is 13.6. The van der Waals surface area contributed by atoms with Gasteiger partial charge in [0, 0.05) is 51.7 Å². The summed E-state index contributed by atoms with van der Waals surface area (Å²) in [5, 5.41) is 3.32. The lowest BCUT2D eigenvalue weighted by atomic mass is 10.1. The van der Waals surface area contributed by atoms with Crippen molar-refractivity contribution in [1.82, 2.24) is 19.4 Å². The molecular formula is C29H37N5O3. The number of hydrogen-bond acceptors (Lipinski definition) is 6. The smallest absolute Gasteiger partial charge is 0.293 e. The summed E-state index contributed by atoms with van der Waals surface area (Å²) in [6.07, 6.45) is 6.80. The van der Waals surface area contributed by atoms with Gasteiger partial charge in [-0.1, -0.05) is 48.5 Å². The van der Waals surface area contributed by atoms with Crippen LogP contribution in [0.25, 0.3) is 0 Å². The van der Waals surface area contributed by atoms with E-state index in [0.29, 0.717) is 19.0 Å². The molecule has 1 saturated heterocycles. The van der Waals surface area contributed by atoms with E-state index < -0.39 is 0 Å². The third-order valence-electron chi connectivity index (χ3n) is 6.79. The number of anilines is 1. The maximum absolute atomic E-state index is 13.0. The van der Waals surface area contributed by atoms with Crippen molar-refractivity contribution in [2.24, 2.45) is 0 Å². The van der Waals surface area contributed by atoms with Gasteiger partial charge in [0.05, 0.1) is 0 Å². The molecule has 1 aromatic heterocycles. The molecule has 0 spiro atoms. The maximum Gasteiger partial charge on any atom is 0.293 e. The van der Waals surface area contributed by atoms with Crippen molar-refractivity contribution in [3.8, 4) is 5.75 Å². The van der Waals surface area contributed by atoms with Crippen LogP contribution in [0, 0.1) is 0 Å². The van der Waals surface area contributed by atoms with Crippen LogP contribution in [0.5, 0.6) is 5.75 Å². The van der Waals surface area contributed by atoms with Crippen LogP contribution in [0.4, 0.5) is 5.82 Å². The molecule has 3 aromatic rings. The Balaban J connectivity index is 1.20. The Bertz CT molecular complexity index is 1160. The zero-order chi connectivity index (χ0) is 25.9. The second-order valence-corrected chi connectivity index (χ2v) is 9.54. The minimum absolute atomic E-state index is 0.0116. The number of para-hydroxylation sites is 1. The number of nitrogens with one attached hydrogen (secondary N) is 1. The van der Waals surface area contributed by atoms with E-state index in [1.165, 1.54) is 10.1 Å². The molecule has 0 radical (unpaired) electrons. The molecule has 1 N–H and O–H groups in total. The van der Waals surface area contributed by atoms with Crippen LogP contribution in [0.1, 0.15) is 24.8 Å². The number of piperidine rings is 1. The summed E-state index contributed by atoms with van der Waals surface area (Å²) in [4.78, 5) is 34.1. The van der Waals surface area contributed by atoms with Gasteiger partial charge in [0.15, 0.2) is 5.82 Å². The van der Waals surface area contributed by atoms with Crippen molar-refractivity contribution in [2.45, 2.75) is 38.3 Å². The SMILES string of the molecule is CN(CCCc1ccccc1)C(=O)Cn1ccnc(NC2CCN(CCOc3ccccc3)CC2)c1=O. The average Bonchev–Trinajstić information content (AvgIpc) is 2.93. The Morgan fingerprint density at radius 1 is 1.08 bits per heavy atom. The first-order valence-corrected chi connectivity index (χ1v) is 13.1. The molecule has 37 heavy (non-hydrogen) atoms. The monoisotopic (exact) mass is 503 g/mol. The van der Waals surface area contributed by atoms with E-state index in [-0.39, 0.29) is 24.1 Å². The summed E-state index contributed by atoms with van der Waals surface area (Å²) in [5.74, 6) is 1.12. The summed E-state index contributed by atoms with van der Waals surface area (Å²) in [6.45, 7) is 4.05. The van der Waals surface area contributed by atoms with Crippen LogP contribution in [0.2, 0.25) is 0 Å². The van der Waals surface area contributed by atoms with Gasteiger partial charge < -0.3 is 19.5 Å². The Morgan fingerprint density at radius 2 is 1.78 bits per heavy atom. The van der Waals surface area contributed by atoms with Crippen LogP contribution in [-0.4, -0.2) is 71.1 Å². The first-order chi connectivity index (χ1) is 18.1. The van der Waals surface area contributed by atoms with Crippen molar-refractivity contribution in [3.63, 3.8) is 0 Å². The van der Waals surface area contributed by atoms with Gasteiger partial charge in [-0.05, 0) is 43.4 Å². The van der Waals surface area contributed by atoms with Crippen LogP contribution in [-0.2, 0) is 17.8 Å². The number of amides is 1. The number of aryl methyl sites for hydroxylation is 1. The highest BCUT2D eigenvalue weighted by Crippen LogP contribution is 2.14. The molecule has 0 bridgehead atoms. The molecule has 0 atom stereocenters. The quantitative estimate of drug-likeness (QED) is 0.409. The lowest BCUT2D eigenvalue weighted by molar-refractivity contribution is -0.130. The fraction of sp³-hybridized carbons (Fsp3) is 0.414. The molecule has 0 saturated carbocycles. The number of carbonyl (C=O) groups is 1. The summed E-state index contributed by atoms with van der Waals surface area (Å²) < 4.78 is 7.25. The number of rotatable bonds is 12. The minimum atomic E-state index is -0.257. The molecule has 1 aliphatic heterocycles. The highest BCUT2D eigenvalue weighted by atomic mass is 16.5. The third-order valence-corrected chi connectivity index (χ3v) is 6.79. The minimum Gasteiger partial charge on any atom is -0.492 e. The molecule has 2 heterocycles. The molecule has 0 aliphatic carbocycles. The number of aromatic nitrogens is 2. The van der Waals surface area contributed by atoms with Gasteiger partial charge >= 0.3 is 0 Å². The average molecular weight is 504 g/mol. The van der Waals surface area contributed by atoms with Crippen molar-refractivity contribution in [3.05, 3.63) is 89.0 Å². The molecule has 4 rings (SSSR count). The van der Waals surface area contributed by atoms with E-state index in [2.05, 4.69) is 27.3 Å². The molecule has 1 amide bonds. The van der Waals surface area contributed by atoms with Gasteiger partial charge in [0.25, 0.3) is 5.56 Å². The van der Waals surface area contributed by atoms with Gasteiger partial charge in [0.1, 0.15) is 18.9 Å². The summed E-state index contributed by atoms with van der Waals surface area (Å²) in [5.41, 5.74) is 1.00. The highest BCUT2D eigenvalue weighted by Gasteiger charge is 2.21. The van der Waals surface area contributed by atoms with Crippen LogP contribution < -0.4 is 15.6 Å². The Morgan fingerprint density at radius 3 is 2.51 bits per heavy atom. The van der Waals surface area contributed by atoms with Gasteiger partial charge in [-0.3, -0.25) is 14.5 Å². The van der Waals surface area contributed by atoms with Crippen LogP contribution in [0.3, 0.4) is 0 Å². The zero-order valence-corrected chi connectivity index (χ0v) is 21.6. The molecule has 8 nitrogen and oxygen atoms in total. The first kappa shape index (κ1) is 26.4. The third kappa shape index (κ3) is 8.18. The molecule has 8 heteroatoms. The number of carbonyl (C=O) groups excluding carboxylic acids is 1. The Labute approximate surface area is 218 Å². The topological polar surface area (TPSA) is 79.7 Å². The van der Waals surface area contributed by atoms with Crippen LogP contribution in [0.15, 0.2) is 77.9 Å². The molecule has 0 unspecified atom stereocenters. The van der Waals surface area contributed by atoms with E-state index in [4.69, 9.17) is 4.74 Å². The zero-order valence-electron chi connectivity index (χ0n) is 21.6. The van der Waals surface area contributed by atoms with Crippen LogP contribution >= 0.6 is 0 Å². The van der Waals surface area contributed by atoms with Crippen molar-refractivity contribution >= 4 is 11.7 Å². The number of ether oxygens (including phenoxy) is 1. The fourth-order valence-corrected chi connectivity index (χ4v) is 4.53. The molecule has 2 aromatic carbocycles. The highest BCUT2D eigenvalue weighted by molar-refractivity contribution is 5.75. The van der Waals surface area contributed by atoms with Gasteiger partial charge in [-0.15, -0.1) is 0 Å². The number of benzene rings is 2. The standard InChI is InChI=1S/C29H37N5O3/c1-32(17-8-11-24-9-4-2-5-10-24)27(35)23-34-20-16-30-28(29(34)36)31-25-14-18-33(19-15-25)21-22-37-26-12-6-3-7-13-26/h2-7,9-10,12-13,16,20,25H,8,11,14-15,17-19,21-23H2,1H3,(H,30,31). The summed E-state index contributed by atoms with van der Waals surface area (Å²) >= 11 is 0. The van der Waals surface area contributed by atoms with E-state index in [1.807, 2.05) is 48.5 Å². The van der Waals surface area contributed by atoms with Gasteiger partial charge in [-0.25, -0.2) is 4.98 Å². The lowest BCUT2D eigenvalue weighted by Crippen LogP contribution is -2.42. The Hall–Kier alpha value is -3.65. The van der Waals surface area contributed by atoms with E-state index in [9.17, 15) is 9.59 Å².